The Hall–Kier alpha value is -3.65. The smallest absolute Gasteiger partial charge is 0.411 e. The summed E-state index contributed by atoms with van der Waals surface area (Å²) in [5.41, 5.74) is 0.400. The molecule has 48 heavy (non-hydrogen) atoms. The van der Waals surface area contributed by atoms with Crippen LogP contribution in [-0.4, -0.2) is 85.2 Å². The summed E-state index contributed by atoms with van der Waals surface area (Å²) in [6.45, 7) is 6.79. The molecule has 1 aliphatic heterocycles. The number of benzene rings is 1. The molecule has 0 spiro atoms. The van der Waals surface area contributed by atoms with Crippen molar-refractivity contribution in [3.05, 3.63) is 42.1 Å². The van der Waals surface area contributed by atoms with Gasteiger partial charge in [-0.05, 0) is 74.4 Å². The molecule has 1 saturated heterocycles. The topological polar surface area (TPSA) is 143 Å². The molecular formula is C34H47N3O9S2. The monoisotopic (exact) mass is 705 g/mol. The third-order valence-electron chi connectivity index (χ3n) is 7.32. The number of carbonyl (C=O) groups excluding carboxylic acids is 4. The van der Waals surface area contributed by atoms with Gasteiger partial charge in [-0.25, -0.2) is 9.78 Å². The van der Waals surface area contributed by atoms with Crippen LogP contribution < -0.4 is 14.8 Å². The van der Waals surface area contributed by atoms with Crippen molar-refractivity contribution in [1.29, 1.82) is 0 Å². The highest BCUT2D eigenvalue weighted by molar-refractivity contribution is 8.76. The summed E-state index contributed by atoms with van der Waals surface area (Å²) in [6.07, 6.45) is 6.73. The summed E-state index contributed by atoms with van der Waals surface area (Å²) in [4.78, 5) is 56.1. The van der Waals surface area contributed by atoms with Crippen molar-refractivity contribution >= 4 is 51.2 Å². The number of hydrogen-bond donors (Lipinski definition) is 1. The van der Waals surface area contributed by atoms with Crippen LogP contribution in [-0.2, 0) is 23.8 Å². The van der Waals surface area contributed by atoms with Gasteiger partial charge in [-0.1, -0.05) is 30.2 Å². The maximum atomic E-state index is 13.9. The zero-order valence-corrected chi connectivity index (χ0v) is 29.8. The minimum Gasteiger partial charge on any atom is -0.493 e. The van der Waals surface area contributed by atoms with Gasteiger partial charge in [0.25, 0.3) is 5.91 Å². The molecule has 0 aliphatic carbocycles. The highest BCUT2D eigenvalue weighted by Crippen LogP contribution is 2.36. The van der Waals surface area contributed by atoms with Crippen molar-refractivity contribution in [3.63, 3.8) is 0 Å². The fourth-order valence-corrected chi connectivity index (χ4v) is 6.66. The second-order valence-corrected chi connectivity index (χ2v) is 13.9. The molecule has 3 rings (SSSR count). The Balaban J connectivity index is 1.67. The lowest BCUT2D eigenvalue weighted by Crippen LogP contribution is -2.39. The summed E-state index contributed by atoms with van der Waals surface area (Å²) < 4.78 is 27.5. The van der Waals surface area contributed by atoms with Crippen LogP contribution in [0.2, 0.25) is 0 Å². The SMILES string of the molecule is CCCCOC(=O)CCCCCOc1cc(NC(=O)OCC(C)SSc2ccccn2)c(C(=O)N2CCC[C@H]2COC(C)=O)cc1OC. The third-order valence-corrected chi connectivity index (χ3v) is 10.1. The van der Waals surface area contributed by atoms with Gasteiger partial charge in [0.15, 0.2) is 11.5 Å². The number of methoxy groups -OCH3 is 1. The molecule has 1 fully saturated rings. The quantitative estimate of drug-likeness (QED) is 0.0661. The normalized spacial score (nSPS) is 14.6. The average Bonchev–Trinajstić information content (AvgIpc) is 3.56. The van der Waals surface area contributed by atoms with Crippen LogP contribution in [0.1, 0.15) is 82.5 Å². The van der Waals surface area contributed by atoms with Gasteiger partial charge in [0.05, 0.1) is 37.6 Å². The van der Waals surface area contributed by atoms with E-state index in [1.807, 2.05) is 32.0 Å². The van der Waals surface area contributed by atoms with Crippen molar-refractivity contribution in [2.75, 3.05) is 45.4 Å². The summed E-state index contributed by atoms with van der Waals surface area (Å²) in [7, 11) is 4.50. The first-order chi connectivity index (χ1) is 23.2. The summed E-state index contributed by atoms with van der Waals surface area (Å²) in [5.74, 6) is -0.283. The van der Waals surface area contributed by atoms with Crippen molar-refractivity contribution in [2.24, 2.45) is 0 Å². The minimum atomic E-state index is -0.723. The van der Waals surface area contributed by atoms with Crippen LogP contribution in [0.25, 0.3) is 0 Å². The van der Waals surface area contributed by atoms with E-state index in [9.17, 15) is 19.2 Å². The van der Waals surface area contributed by atoms with Gasteiger partial charge >= 0.3 is 18.0 Å². The van der Waals surface area contributed by atoms with E-state index in [2.05, 4.69) is 10.3 Å². The number of amides is 2. The lowest BCUT2D eigenvalue weighted by atomic mass is 10.1. The zero-order valence-electron chi connectivity index (χ0n) is 28.2. The fourth-order valence-electron chi connectivity index (χ4n) is 4.78. The number of hydrogen-bond acceptors (Lipinski definition) is 12. The molecule has 264 valence electrons. The average molecular weight is 706 g/mol. The van der Waals surface area contributed by atoms with E-state index in [0.29, 0.717) is 56.9 Å². The predicted molar refractivity (Wildman–Crippen MR) is 186 cm³/mol. The van der Waals surface area contributed by atoms with Crippen molar-refractivity contribution in [1.82, 2.24) is 9.88 Å². The molecule has 2 heterocycles. The number of anilines is 1. The second kappa shape index (κ2) is 21.3. The number of ether oxygens (including phenoxy) is 5. The van der Waals surface area contributed by atoms with E-state index in [-0.39, 0.29) is 47.6 Å². The molecule has 1 N–H and O–H groups in total. The number of unbranched alkanes of at least 4 members (excludes halogenated alkanes) is 3. The van der Waals surface area contributed by atoms with E-state index in [1.54, 1.807) is 23.2 Å². The lowest BCUT2D eigenvalue weighted by Gasteiger charge is -2.26. The molecule has 1 unspecified atom stereocenters. The van der Waals surface area contributed by atoms with E-state index in [0.717, 1.165) is 30.7 Å². The molecule has 0 bridgehead atoms. The number of nitrogens with zero attached hydrogens (tertiary/aromatic N) is 2. The molecule has 12 nitrogen and oxygen atoms in total. The van der Waals surface area contributed by atoms with E-state index in [4.69, 9.17) is 23.7 Å². The highest BCUT2D eigenvalue weighted by atomic mass is 33.1. The number of pyridine rings is 1. The molecule has 2 atom stereocenters. The number of rotatable bonds is 20. The van der Waals surface area contributed by atoms with Crippen LogP contribution in [0.3, 0.4) is 0 Å². The Bertz CT molecular complexity index is 1330. The Morgan fingerprint density at radius 1 is 1.04 bits per heavy atom. The van der Waals surface area contributed by atoms with E-state index < -0.39 is 12.1 Å². The zero-order chi connectivity index (χ0) is 34.7. The van der Waals surface area contributed by atoms with Crippen LogP contribution in [0.4, 0.5) is 10.5 Å². The van der Waals surface area contributed by atoms with Crippen LogP contribution in [0.5, 0.6) is 11.5 Å². The number of aromatic nitrogens is 1. The number of nitrogens with one attached hydrogen (secondary N) is 1. The predicted octanol–water partition coefficient (Wildman–Crippen LogP) is 6.92. The number of esters is 2. The maximum Gasteiger partial charge on any atom is 0.411 e. The Kier molecular flexibility index (Phi) is 17.3. The van der Waals surface area contributed by atoms with Crippen molar-refractivity contribution in [3.8, 4) is 11.5 Å². The standard InChI is InChI=1S/C34H47N3O9S2/c1-5-6-18-44-32(39)15-8-7-11-19-43-30-21-28(36-34(41)46-22-24(2)47-48-31-14-9-10-16-35-31)27(20-29(30)42-4)33(40)37-17-12-13-26(37)23-45-25(3)38/h9-10,14,16,20-21,24,26H,5-8,11-13,15,17-19,22-23H2,1-4H3,(H,36,41)/t24?,26-/m0/s1. The second-order valence-electron chi connectivity index (χ2n) is 11.3. The maximum absolute atomic E-state index is 13.9. The highest BCUT2D eigenvalue weighted by Gasteiger charge is 2.32. The molecular weight excluding hydrogens is 659 g/mol. The number of likely N-dealkylation sites (tertiary alicyclic amines) is 1. The van der Waals surface area contributed by atoms with E-state index >= 15 is 0 Å². The summed E-state index contributed by atoms with van der Waals surface area (Å²) in [6, 6.07) is 8.47. The molecule has 14 heteroatoms. The van der Waals surface area contributed by atoms with Gasteiger partial charge in [0.1, 0.15) is 18.2 Å². The minimum absolute atomic E-state index is 0.0385. The Labute approximate surface area is 290 Å². The molecule has 2 amide bonds. The first kappa shape index (κ1) is 38.8. The molecule has 0 saturated carbocycles. The fraction of sp³-hybridized carbons (Fsp3) is 0.559. The van der Waals surface area contributed by atoms with Gasteiger partial charge in [0.2, 0.25) is 0 Å². The van der Waals surface area contributed by atoms with Crippen LogP contribution >= 0.6 is 21.6 Å². The van der Waals surface area contributed by atoms with Crippen molar-refractivity contribution < 1.29 is 42.9 Å². The molecule has 1 aliphatic rings. The summed E-state index contributed by atoms with van der Waals surface area (Å²) >= 11 is 0. The summed E-state index contributed by atoms with van der Waals surface area (Å²) in [5, 5.41) is 3.55. The van der Waals surface area contributed by atoms with Crippen LogP contribution in [0.15, 0.2) is 41.6 Å². The van der Waals surface area contributed by atoms with Crippen LogP contribution in [0, 0.1) is 0 Å². The first-order valence-electron chi connectivity index (χ1n) is 16.3. The van der Waals surface area contributed by atoms with Gasteiger partial charge < -0.3 is 28.6 Å². The number of carbonyl (C=O) groups is 4. The molecule has 1 aromatic heterocycles. The van der Waals surface area contributed by atoms with Gasteiger partial charge in [-0.2, -0.15) is 0 Å². The first-order valence-corrected chi connectivity index (χ1v) is 18.6. The molecule has 2 aromatic rings. The van der Waals surface area contributed by atoms with Gasteiger partial charge in [-0.3, -0.25) is 19.7 Å². The Morgan fingerprint density at radius 2 is 1.88 bits per heavy atom. The molecule has 0 radical (unpaired) electrons. The van der Waals surface area contributed by atoms with Gasteiger partial charge in [0, 0.05) is 37.4 Å². The Morgan fingerprint density at radius 3 is 2.60 bits per heavy atom. The lowest BCUT2D eigenvalue weighted by molar-refractivity contribution is -0.144. The van der Waals surface area contributed by atoms with Crippen molar-refractivity contribution in [2.45, 2.75) is 88.5 Å². The third kappa shape index (κ3) is 13.5. The van der Waals surface area contributed by atoms with Gasteiger partial charge in [-0.15, -0.1) is 0 Å². The molecule has 1 aromatic carbocycles. The largest absolute Gasteiger partial charge is 0.493 e. The van der Waals surface area contributed by atoms with E-state index in [1.165, 1.54) is 35.6 Å².